The molecule has 2 saturated heterocycles. The molecule has 3 aromatic rings. The third-order valence-electron chi connectivity index (χ3n) is 5.92. The third kappa shape index (κ3) is 4.42. The molecule has 2 aliphatic heterocycles. The normalized spacial score (nSPS) is 20.7. The molecule has 176 valence electrons. The van der Waals surface area contributed by atoms with Gasteiger partial charge in [-0.2, -0.15) is 0 Å². The van der Waals surface area contributed by atoms with Crippen LogP contribution in [0.2, 0.25) is 0 Å². The summed E-state index contributed by atoms with van der Waals surface area (Å²) in [5.74, 6) is 0.767. The molecule has 0 unspecified atom stereocenters. The zero-order chi connectivity index (χ0) is 23.0. The van der Waals surface area contributed by atoms with Gasteiger partial charge in [-0.15, -0.1) is 5.10 Å². The minimum atomic E-state index is -3.06. The van der Waals surface area contributed by atoms with Crippen LogP contribution in [0.3, 0.4) is 0 Å². The molecule has 0 spiro atoms. The van der Waals surface area contributed by atoms with E-state index >= 15 is 0 Å². The molecule has 0 amide bonds. The first kappa shape index (κ1) is 21.8. The SMILES string of the molecule is COc1cc2ncc(-c3nc(N[C@@H]4CCCNC4)ncc3F)n2nc1N1CCS(=O)(=O)CC1. The minimum Gasteiger partial charge on any atom is -0.493 e. The lowest BCUT2D eigenvalue weighted by atomic mass is 10.1. The number of nitrogens with zero attached hydrogens (tertiary/aromatic N) is 6. The summed E-state index contributed by atoms with van der Waals surface area (Å²) in [5, 5.41) is 11.2. The standard InChI is InChI=1S/C20H25FN8O3S/c1-32-16-9-17-23-12-15(29(17)27-19(16)28-5-7-33(30,31)8-6-28)18-14(21)11-24-20(26-18)25-13-3-2-4-22-10-13/h9,11-13,22H,2-8,10H2,1H3,(H,24,25,26)/t13-/m1/s1. The Morgan fingerprint density at radius 1 is 1.24 bits per heavy atom. The van der Waals surface area contributed by atoms with Crippen LogP contribution in [0.5, 0.6) is 5.75 Å². The molecule has 3 aromatic heterocycles. The molecule has 2 aliphatic rings. The predicted octanol–water partition coefficient (Wildman–Crippen LogP) is 0.733. The van der Waals surface area contributed by atoms with Gasteiger partial charge >= 0.3 is 0 Å². The van der Waals surface area contributed by atoms with Crippen molar-refractivity contribution in [3.63, 3.8) is 0 Å². The van der Waals surface area contributed by atoms with Crippen molar-refractivity contribution in [2.24, 2.45) is 0 Å². The van der Waals surface area contributed by atoms with Crippen molar-refractivity contribution in [3.05, 3.63) is 24.3 Å². The maximum absolute atomic E-state index is 14.8. The highest BCUT2D eigenvalue weighted by molar-refractivity contribution is 7.91. The number of nitrogens with one attached hydrogen (secondary N) is 2. The van der Waals surface area contributed by atoms with Crippen molar-refractivity contribution in [2.45, 2.75) is 18.9 Å². The quantitative estimate of drug-likeness (QED) is 0.544. The number of imidazole rings is 1. The molecular formula is C20H25FN8O3S. The molecule has 0 aliphatic carbocycles. The van der Waals surface area contributed by atoms with Gasteiger partial charge in [0.2, 0.25) is 5.95 Å². The summed E-state index contributed by atoms with van der Waals surface area (Å²) in [6, 6.07) is 1.87. The number of hydrogen-bond acceptors (Lipinski definition) is 10. The van der Waals surface area contributed by atoms with Crippen molar-refractivity contribution in [1.29, 1.82) is 0 Å². The fraction of sp³-hybridized carbons (Fsp3) is 0.500. The number of rotatable bonds is 5. The van der Waals surface area contributed by atoms with Gasteiger partial charge in [-0.05, 0) is 19.4 Å². The fourth-order valence-corrected chi connectivity index (χ4v) is 5.32. The zero-order valence-corrected chi connectivity index (χ0v) is 19.0. The molecule has 0 saturated carbocycles. The van der Waals surface area contributed by atoms with Gasteiger partial charge in [0.05, 0.1) is 31.0 Å². The predicted molar refractivity (Wildman–Crippen MR) is 121 cm³/mol. The highest BCUT2D eigenvalue weighted by atomic mass is 32.2. The van der Waals surface area contributed by atoms with Crippen molar-refractivity contribution >= 4 is 27.3 Å². The van der Waals surface area contributed by atoms with Gasteiger partial charge in [-0.25, -0.2) is 32.3 Å². The van der Waals surface area contributed by atoms with Crippen LogP contribution in [-0.4, -0.2) is 83.8 Å². The number of aromatic nitrogens is 5. The zero-order valence-electron chi connectivity index (χ0n) is 18.2. The van der Waals surface area contributed by atoms with Gasteiger partial charge in [-0.3, -0.25) is 0 Å². The Morgan fingerprint density at radius 3 is 2.79 bits per heavy atom. The average molecular weight is 477 g/mol. The monoisotopic (exact) mass is 476 g/mol. The number of hydrogen-bond donors (Lipinski definition) is 2. The number of fused-ring (bicyclic) bond motifs is 1. The second-order valence-corrected chi connectivity index (χ2v) is 10.5. The summed E-state index contributed by atoms with van der Waals surface area (Å²) in [6.07, 6.45) is 4.67. The van der Waals surface area contributed by atoms with E-state index in [1.807, 2.05) is 4.90 Å². The molecule has 2 fully saturated rings. The summed E-state index contributed by atoms with van der Waals surface area (Å²) in [5.41, 5.74) is 0.899. The number of piperidine rings is 1. The van der Waals surface area contributed by atoms with E-state index in [4.69, 9.17) is 4.74 Å². The minimum absolute atomic E-state index is 0.0399. The molecule has 13 heteroatoms. The van der Waals surface area contributed by atoms with E-state index in [1.54, 1.807) is 6.07 Å². The largest absolute Gasteiger partial charge is 0.493 e. The Balaban J connectivity index is 1.51. The van der Waals surface area contributed by atoms with Gasteiger partial charge in [0.1, 0.15) is 11.4 Å². The summed E-state index contributed by atoms with van der Waals surface area (Å²) < 4.78 is 45.5. The number of halogens is 1. The Bertz CT molecular complexity index is 1260. The van der Waals surface area contributed by atoms with Gasteiger partial charge in [0.15, 0.2) is 32.9 Å². The first-order valence-corrected chi connectivity index (χ1v) is 12.6. The first-order valence-electron chi connectivity index (χ1n) is 10.8. The van der Waals surface area contributed by atoms with Gasteiger partial charge in [-0.1, -0.05) is 0 Å². The summed E-state index contributed by atoms with van der Waals surface area (Å²) in [6.45, 7) is 2.37. The number of methoxy groups -OCH3 is 1. The lowest BCUT2D eigenvalue weighted by molar-refractivity contribution is 0.411. The van der Waals surface area contributed by atoms with Crippen LogP contribution in [0, 0.1) is 5.82 Å². The third-order valence-corrected chi connectivity index (χ3v) is 7.53. The Labute approximate surface area is 190 Å². The van der Waals surface area contributed by atoms with Crippen molar-refractivity contribution < 1.29 is 17.5 Å². The second kappa shape index (κ2) is 8.71. The Kier molecular flexibility index (Phi) is 5.74. The topological polar surface area (TPSA) is 127 Å². The fourth-order valence-electron chi connectivity index (χ4n) is 4.12. The first-order chi connectivity index (χ1) is 15.9. The Hall–Kier alpha value is -3.06. The summed E-state index contributed by atoms with van der Waals surface area (Å²) in [7, 11) is -1.54. The number of anilines is 2. The molecule has 11 nitrogen and oxygen atoms in total. The van der Waals surface area contributed by atoms with Crippen LogP contribution in [0.4, 0.5) is 16.2 Å². The highest BCUT2D eigenvalue weighted by Crippen LogP contribution is 2.31. The molecule has 0 radical (unpaired) electrons. The van der Waals surface area contributed by atoms with Crippen molar-refractivity contribution in [2.75, 3.05) is 55.0 Å². The lowest BCUT2D eigenvalue weighted by Crippen LogP contribution is -2.41. The van der Waals surface area contributed by atoms with E-state index in [1.165, 1.54) is 17.8 Å². The van der Waals surface area contributed by atoms with E-state index in [9.17, 15) is 12.8 Å². The molecule has 5 heterocycles. The molecule has 33 heavy (non-hydrogen) atoms. The van der Waals surface area contributed by atoms with Crippen LogP contribution in [0.15, 0.2) is 18.5 Å². The van der Waals surface area contributed by atoms with Crippen molar-refractivity contribution in [1.82, 2.24) is 29.9 Å². The van der Waals surface area contributed by atoms with E-state index in [0.29, 0.717) is 41.9 Å². The second-order valence-electron chi connectivity index (χ2n) is 8.17. The van der Waals surface area contributed by atoms with E-state index in [0.717, 1.165) is 32.1 Å². The lowest BCUT2D eigenvalue weighted by Gasteiger charge is -2.28. The van der Waals surface area contributed by atoms with Gasteiger partial charge < -0.3 is 20.3 Å². The van der Waals surface area contributed by atoms with Gasteiger partial charge in [0, 0.05) is 31.7 Å². The Morgan fingerprint density at radius 2 is 2.06 bits per heavy atom. The summed E-state index contributed by atoms with van der Waals surface area (Å²) in [4.78, 5) is 14.7. The average Bonchev–Trinajstić information content (AvgIpc) is 3.23. The number of sulfone groups is 1. The van der Waals surface area contributed by atoms with E-state index in [-0.39, 0.29) is 23.2 Å². The molecular weight excluding hydrogens is 451 g/mol. The van der Waals surface area contributed by atoms with Crippen LogP contribution in [0.25, 0.3) is 17.0 Å². The van der Waals surface area contributed by atoms with Crippen LogP contribution < -0.4 is 20.3 Å². The van der Waals surface area contributed by atoms with Crippen molar-refractivity contribution in [3.8, 4) is 17.1 Å². The molecule has 5 rings (SSSR count). The number of ether oxygens (including phenoxy) is 1. The molecule has 1 atom stereocenters. The molecule has 0 aromatic carbocycles. The van der Waals surface area contributed by atoms with Crippen LogP contribution >= 0.6 is 0 Å². The summed E-state index contributed by atoms with van der Waals surface area (Å²) >= 11 is 0. The maximum atomic E-state index is 14.8. The van der Waals surface area contributed by atoms with E-state index in [2.05, 4.69) is 30.7 Å². The van der Waals surface area contributed by atoms with Crippen LogP contribution in [-0.2, 0) is 9.84 Å². The van der Waals surface area contributed by atoms with Crippen LogP contribution in [0.1, 0.15) is 12.8 Å². The maximum Gasteiger partial charge on any atom is 0.223 e. The van der Waals surface area contributed by atoms with Gasteiger partial charge in [0.25, 0.3) is 0 Å². The smallest absolute Gasteiger partial charge is 0.223 e. The highest BCUT2D eigenvalue weighted by Gasteiger charge is 2.26. The molecule has 2 N–H and O–H groups in total. The van der Waals surface area contributed by atoms with E-state index < -0.39 is 15.7 Å². The molecule has 0 bridgehead atoms.